The third kappa shape index (κ3) is 5.27. The quantitative estimate of drug-likeness (QED) is 0.563. The Morgan fingerprint density at radius 3 is 2.38 bits per heavy atom. The minimum Gasteiger partial charge on any atom is -0.459 e. The van der Waals surface area contributed by atoms with Crippen molar-refractivity contribution >= 4 is 52.1 Å². The summed E-state index contributed by atoms with van der Waals surface area (Å²) in [5, 5.41) is 6.34. The minimum absolute atomic E-state index is 0.0810. The van der Waals surface area contributed by atoms with E-state index in [1.54, 1.807) is 41.3 Å². The summed E-state index contributed by atoms with van der Waals surface area (Å²) in [7, 11) is 0. The van der Waals surface area contributed by atoms with Gasteiger partial charge in [-0.25, -0.2) is 0 Å². The highest BCUT2D eigenvalue weighted by Crippen LogP contribution is 2.20. The van der Waals surface area contributed by atoms with Gasteiger partial charge in [-0.1, -0.05) is 17.7 Å². The van der Waals surface area contributed by atoms with Crippen LogP contribution in [0.5, 0.6) is 0 Å². The van der Waals surface area contributed by atoms with Crippen molar-refractivity contribution in [2.45, 2.75) is 0 Å². The molecule has 0 bridgehead atoms. The third-order valence-electron chi connectivity index (χ3n) is 5.10. The van der Waals surface area contributed by atoms with Crippen LogP contribution >= 0.6 is 23.8 Å². The maximum Gasteiger partial charge on any atom is 0.289 e. The predicted octanol–water partition coefficient (Wildman–Crippen LogP) is 4.02. The average Bonchev–Trinajstić information content (AvgIpc) is 3.34. The Kier molecular flexibility index (Phi) is 6.72. The van der Waals surface area contributed by atoms with E-state index in [0.717, 1.165) is 24.5 Å². The first-order chi connectivity index (χ1) is 15.5. The Morgan fingerprint density at radius 2 is 1.72 bits per heavy atom. The molecule has 1 aliphatic rings. The van der Waals surface area contributed by atoms with Gasteiger partial charge in [0.25, 0.3) is 11.8 Å². The van der Waals surface area contributed by atoms with E-state index in [0.29, 0.717) is 29.4 Å². The van der Waals surface area contributed by atoms with Gasteiger partial charge in [0.1, 0.15) is 0 Å². The monoisotopic (exact) mass is 468 g/mol. The molecule has 0 atom stereocenters. The van der Waals surface area contributed by atoms with Gasteiger partial charge in [0.2, 0.25) is 0 Å². The van der Waals surface area contributed by atoms with Crippen molar-refractivity contribution in [1.29, 1.82) is 0 Å². The Morgan fingerprint density at radius 1 is 0.969 bits per heavy atom. The second kappa shape index (κ2) is 9.84. The number of benzene rings is 2. The minimum atomic E-state index is -0.330. The highest BCUT2D eigenvalue weighted by atomic mass is 35.5. The van der Waals surface area contributed by atoms with Crippen molar-refractivity contribution in [3.05, 3.63) is 83.3 Å². The number of rotatable bonds is 4. The highest BCUT2D eigenvalue weighted by molar-refractivity contribution is 7.80. The number of amides is 2. The zero-order valence-corrected chi connectivity index (χ0v) is 18.7. The van der Waals surface area contributed by atoms with E-state index in [2.05, 4.69) is 15.5 Å². The summed E-state index contributed by atoms with van der Waals surface area (Å²) < 4.78 is 5.20. The van der Waals surface area contributed by atoms with Gasteiger partial charge >= 0.3 is 0 Å². The van der Waals surface area contributed by atoms with Crippen LogP contribution in [0.25, 0.3) is 0 Å². The predicted molar refractivity (Wildman–Crippen MR) is 128 cm³/mol. The summed E-state index contributed by atoms with van der Waals surface area (Å²) in [6.45, 7) is 2.71. The molecule has 0 saturated carbocycles. The summed E-state index contributed by atoms with van der Waals surface area (Å²) in [6, 6.07) is 17.8. The number of halogens is 1. The number of nitrogens with zero attached hydrogens (tertiary/aromatic N) is 2. The van der Waals surface area contributed by atoms with Gasteiger partial charge in [-0.3, -0.25) is 14.9 Å². The molecular weight excluding hydrogens is 448 g/mol. The van der Waals surface area contributed by atoms with Crippen molar-refractivity contribution in [2.75, 3.05) is 36.4 Å². The molecule has 3 aromatic rings. The fraction of sp³-hybridized carbons (Fsp3) is 0.174. The third-order valence-corrected chi connectivity index (χ3v) is 5.54. The first kappa shape index (κ1) is 21.9. The van der Waals surface area contributed by atoms with Gasteiger partial charge in [0, 0.05) is 48.1 Å². The van der Waals surface area contributed by atoms with Crippen LogP contribution in [0.15, 0.2) is 71.3 Å². The Labute approximate surface area is 195 Å². The molecule has 2 heterocycles. The fourth-order valence-corrected chi connectivity index (χ4v) is 3.85. The first-order valence-corrected chi connectivity index (χ1v) is 10.8. The van der Waals surface area contributed by atoms with Crippen LogP contribution in [-0.2, 0) is 0 Å². The van der Waals surface area contributed by atoms with Gasteiger partial charge in [0.05, 0.1) is 6.26 Å². The van der Waals surface area contributed by atoms with Gasteiger partial charge in [-0.2, -0.15) is 0 Å². The van der Waals surface area contributed by atoms with E-state index < -0.39 is 0 Å². The molecular formula is C23H21ClN4O3S. The molecule has 0 radical (unpaired) electrons. The van der Waals surface area contributed by atoms with Crippen LogP contribution in [-0.4, -0.2) is 48.0 Å². The van der Waals surface area contributed by atoms with Crippen LogP contribution in [0.3, 0.4) is 0 Å². The average molecular weight is 469 g/mol. The molecule has 0 spiro atoms. The second-order valence-corrected chi connectivity index (χ2v) is 8.07. The van der Waals surface area contributed by atoms with Crippen LogP contribution in [0.1, 0.15) is 20.9 Å². The normalized spacial score (nSPS) is 13.5. The molecule has 9 heteroatoms. The molecule has 2 amide bonds. The lowest BCUT2D eigenvalue weighted by Gasteiger charge is -2.35. The number of anilines is 2. The van der Waals surface area contributed by atoms with Gasteiger partial charge < -0.3 is 19.5 Å². The van der Waals surface area contributed by atoms with Crippen molar-refractivity contribution < 1.29 is 14.0 Å². The number of piperazine rings is 1. The molecule has 164 valence electrons. The maximum absolute atomic E-state index is 12.4. The number of furan rings is 1. The van der Waals surface area contributed by atoms with Crippen LogP contribution in [0, 0.1) is 0 Å². The molecule has 1 fully saturated rings. The molecule has 0 unspecified atom stereocenters. The smallest absolute Gasteiger partial charge is 0.289 e. The first-order valence-electron chi connectivity index (χ1n) is 10.1. The topological polar surface area (TPSA) is 77.8 Å². The SMILES string of the molecule is O=C(NC(=S)Nc1ccc(N2CCN(C(=O)c3ccco3)CC2)cc1)c1cccc(Cl)c1. The second-order valence-electron chi connectivity index (χ2n) is 7.22. The summed E-state index contributed by atoms with van der Waals surface area (Å²) in [6.07, 6.45) is 1.51. The molecule has 7 nitrogen and oxygen atoms in total. The van der Waals surface area contributed by atoms with Gasteiger partial charge in [0.15, 0.2) is 10.9 Å². The van der Waals surface area contributed by atoms with E-state index in [1.165, 1.54) is 6.26 Å². The van der Waals surface area contributed by atoms with E-state index in [1.807, 2.05) is 24.3 Å². The number of carbonyl (C=O) groups is 2. The lowest BCUT2D eigenvalue weighted by Crippen LogP contribution is -2.48. The molecule has 2 N–H and O–H groups in total. The van der Waals surface area contributed by atoms with Crippen LogP contribution in [0.2, 0.25) is 5.02 Å². The molecule has 1 aromatic heterocycles. The Hall–Kier alpha value is -3.36. The molecule has 2 aromatic carbocycles. The Bertz CT molecular complexity index is 1110. The lowest BCUT2D eigenvalue weighted by atomic mass is 10.2. The van der Waals surface area contributed by atoms with E-state index in [4.69, 9.17) is 28.2 Å². The number of hydrogen-bond donors (Lipinski definition) is 2. The largest absolute Gasteiger partial charge is 0.459 e. The molecule has 1 saturated heterocycles. The van der Waals surface area contributed by atoms with E-state index in [-0.39, 0.29) is 16.9 Å². The van der Waals surface area contributed by atoms with Gasteiger partial charge in [-0.15, -0.1) is 0 Å². The van der Waals surface area contributed by atoms with Crippen molar-refractivity contribution in [1.82, 2.24) is 10.2 Å². The van der Waals surface area contributed by atoms with E-state index >= 15 is 0 Å². The zero-order chi connectivity index (χ0) is 22.5. The Balaban J connectivity index is 1.28. The summed E-state index contributed by atoms with van der Waals surface area (Å²) >= 11 is 11.2. The van der Waals surface area contributed by atoms with Crippen LogP contribution < -0.4 is 15.5 Å². The van der Waals surface area contributed by atoms with Crippen molar-refractivity contribution in [3.63, 3.8) is 0 Å². The number of thiocarbonyl (C=S) groups is 1. The van der Waals surface area contributed by atoms with Gasteiger partial charge in [-0.05, 0) is 66.8 Å². The molecule has 0 aliphatic carbocycles. The highest BCUT2D eigenvalue weighted by Gasteiger charge is 2.23. The summed E-state index contributed by atoms with van der Waals surface area (Å²) in [4.78, 5) is 28.7. The lowest BCUT2D eigenvalue weighted by molar-refractivity contribution is 0.0714. The van der Waals surface area contributed by atoms with Crippen molar-refractivity contribution in [3.8, 4) is 0 Å². The molecule has 4 rings (SSSR count). The van der Waals surface area contributed by atoms with E-state index in [9.17, 15) is 9.59 Å². The van der Waals surface area contributed by atoms with Crippen molar-refractivity contribution in [2.24, 2.45) is 0 Å². The summed E-state index contributed by atoms with van der Waals surface area (Å²) in [5.41, 5.74) is 2.24. The number of carbonyl (C=O) groups excluding carboxylic acids is 2. The zero-order valence-electron chi connectivity index (χ0n) is 17.1. The molecule has 1 aliphatic heterocycles. The summed E-state index contributed by atoms with van der Waals surface area (Å²) in [5.74, 6) is -0.0431. The number of nitrogens with one attached hydrogen (secondary N) is 2. The van der Waals surface area contributed by atoms with Crippen LogP contribution in [0.4, 0.5) is 11.4 Å². The number of hydrogen-bond acceptors (Lipinski definition) is 5. The maximum atomic E-state index is 12.4. The fourth-order valence-electron chi connectivity index (χ4n) is 3.45. The standard InChI is InChI=1S/C23H21ClN4O3S/c24-17-4-1-3-16(15-17)21(29)26-23(32)25-18-6-8-19(9-7-18)27-10-12-28(13-11-27)22(30)20-5-2-14-31-20/h1-9,14-15H,10-13H2,(H2,25,26,29,32). The molecule has 32 heavy (non-hydrogen) atoms.